The Balaban J connectivity index is 2.02. The van der Waals surface area contributed by atoms with E-state index < -0.39 is 6.10 Å². The van der Waals surface area contributed by atoms with Crippen LogP contribution in [0.1, 0.15) is 46.5 Å². The van der Waals surface area contributed by atoms with Gasteiger partial charge in [-0.25, -0.2) is 0 Å². The van der Waals surface area contributed by atoms with Crippen molar-refractivity contribution in [2.75, 3.05) is 6.61 Å². The lowest BCUT2D eigenvalue weighted by Crippen LogP contribution is -2.44. The van der Waals surface area contributed by atoms with Gasteiger partial charge in [0.05, 0.1) is 12.7 Å². The van der Waals surface area contributed by atoms with Gasteiger partial charge in [-0.1, -0.05) is 19.4 Å². The molecule has 0 radical (unpaired) electrons. The molecule has 0 spiro atoms. The Kier molecular flexibility index (Phi) is 2.32. The highest BCUT2D eigenvalue weighted by atomic mass is 16.3. The maximum Gasteiger partial charge on any atom is 0.0831 e. The molecule has 3 aliphatic rings. The Morgan fingerprint density at radius 1 is 1.29 bits per heavy atom. The van der Waals surface area contributed by atoms with Crippen LogP contribution in [0.5, 0.6) is 0 Å². The van der Waals surface area contributed by atoms with Crippen LogP contribution in [0, 0.1) is 22.7 Å². The van der Waals surface area contributed by atoms with E-state index in [2.05, 4.69) is 13.8 Å². The average molecular weight is 236 g/mol. The molecule has 0 aromatic rings. The largest absolute Gasteiger partial charge is 0.396 e. The lowest BCUT2D eigenvalue weighted by molar-refractivity contribution is 0.0337. The van der Waals surface area contributed by atoms with Crippen LogP contribution in [0.3, 0.4) is 0 Å². The molecular formula is C15H24O2. The van der Waals surface area contributed by atoms with Gasteiger partial charge in [-0.15, -0.1) is 0 Å². The van der Waals surface area contributed by atoms with Crippen LogP contribution >= 0.6 is 0 Å². The standard InChI is InChI=1S/C15H24O2/c1-9-11-4-5-14(11,2)6-10-7-15(3,8-16)13(17)12(9)10/h10-11,13,16-17H,4-8H2,1-3H3/t10-,11-,13-,14+,15+/m1/s1. The van der Waals surface area contributed by atoms with E-state index in [1.807, 2.05) is 6.92 Å². The first-order valence-corrected chi connectivity index (χ1v) is 6.91. The Hall–Kier alpha value is -0.340. The van der Waals surface area contributed by atoms with Gasteiger partial charge < -0.3 is 10.2 Å². The molecule has 2 heteroatoms. The zero-order chi connectivity index (χ0) is 12.4. The van der Waals surface area contributed by atoms with Crippen molar-refractivity contribution in [1.29, 1.82) is 0 Å². The minimum atomic E-state index is -0.414. The molecule has 2 nitrogen and oxygen atoms in total. The van der Waals surface area contributed by atoms with Crippen molar-refractivity contribution in [3.05, 3.63) is 11.1 Å². The summed E-state index contributed by atoms with van der Waals surface area (Å²) in [7, 11) is 0. The van der Waals surface area contributed by atoms with Gasteiger partial charge in [0.1, 0.15) is 0 Å². The van der Waals surface area contributed by atoms with Crippen molar-refractivity contribution in [3.63, 3.8) is 0 Å². The fourth-order valence-corrected chi connectivity index (χ4v) is 4.78. The second-order valence-corrected chi connectivity index (χ2v) is 7.20. The molecule has 0 aromatic heterocycles. The van der Waals surface area contributed by atoms with E-state index in [0.29, 0.717) is 17.3 Å². The summed E-state index contributed by atoms with van der Waals surface area (Å²) >= 11 is 0. The molecule has 96 valence electrons. The molecule has 0 bridgehead atoms. The summed E-state index contributed by atoms with van der Waals surface area (Å²) in [5, 5.41) is 20.1. The highest BCUT2D eigenvalue weighted by molar-refractivity contribution is 5.35. The molecule has 0 aliphatic heterocycles. The van der Waals surface area contributed by atoms with Crippen molar-refractivity contribution in [2.45, 2.75) is 52.6 Å². The molecule has 2 N–H and O–H groups in total. The first kappa shape index (κ1) is 11.7. The molecule has 5 atom stereocenters. The number of rotatable bonds is 1. The summed E-state index contributed by atoms with van der Waals surface area (Å²) in [6.45, 7) is 6.75. The highest BCUT2D eigenvalue weighted by Crippen LogP contribution is 2.63. The normalized spacial score (nSPS) is 53.1. The number of fused-ring (bicyclic) bond motifs is 2. The Bertz CT molecular complexity index is 386. The van der Waals surface area contributed by atoms with Gasteiger partial charge in [0.15, 0.2) is 0 Å². The molecule has 17 heavy (non-hydrogen) atoms. The summed E-state index contributed by atoms with van der Waals surface area (Å²) in [6, 6.07) is 0. The third kappa shape index (κ3) is 1.34. The monoisotopic (exact) mass is 236 g/mol. The van der Waals surface area contributed by atoms with Crippen molar-refractivity contribution >= 4 is 0 Å². The minimum Gasteiger partial charge on any atom is -0.396 e. The summed E-state index contributed by atoms with van der Waals surface area (Å²) in [5.74, 6) is 1.22. The fourth-order valence-electron chi connectivity index (χ4n) is 4.78. The van der Waals surface area contributed by atoms with E-state index in [1.54, 1.807) is 0 Å². The van der Waals surface area contributed by atoms with E-state index in [0.717, 1.165) is 6.42 Å². The Morgan fingerprint density at radius 2 is 2.00 bits per heavy atom. The Morgan fingerprint density at radius 3 is 2.53 bits per heavy atom. The first-order chi connectivity index (χ1) is 7.91. The van der Waals surface area contributed by atoms with Gasteiger partial charge in [-0.3, -0.25) is 0 Å². The quantitative estimate of drug-likeness (QED) is 0.687. The van der Waals surface area contributed by atoms with E-state index in [-0.39, 0.29) is 12.0 Å². The lowest BCUT2D eigenvalue weighted by atomic mass is 9.51. The molecule has 0 unspecified atom stereocenters. The molecule has 3 rings (SSSR count). The van der Waals surface area contributed by atoms with E-state index >= 15 is 0 Å². The number of aliphatic hydroxyl groups excluding tert-OH is 2. The third-order valence-electron chi connectivity index (χ3n) is 6.00. The zero-order valence-corrected chi connectivity index (χ0v) is 11.2. The van der Waals surface area contributed by atoms with Crippen LogP contribution in [0.4, 0.5) is 0 Å². The molecule has 3 aliphatic carbocycles. The predicted molar refractivity (Wildman–Crippen MR) is 67.5 cm³/mol. The first-order valence-electron chi connectivity index (χ1n) is 6.91. The molecule has 0 saturated heterocycles. The highest BCUT2D eigenvalue weighted by Gasteiger charge is 2.56. The molecule has 0 heterocycles. The van der Waals surface area contributed by atoms with Gasteiger partial charge >= 0.3 is 0 Å². The summed E-state index contributed by atoms with van der Waals surface area (Å²) in [5.41, 5.74) is 2.91. The molecule has 2 saturated carbocycles. The molecule has 0 amide bonds. The maximum atomic E-state index is 10.5. The number of aliphatic hydroxyl groups is 2. The van der Waals surface area contributed by atoms with Gasteiger partial charge in [-0.2, -0.15) is 0 Å². The van der Waals surface area contributed by atoms with E-state index in [4.69, 9.17) is 0 Å². The molecular weight excluding hydrogens is 212 g/mol. The minimum absolute atomic E-state index is 0.100. The second kappa shape index (κ2) is 3.36. The molecule has 2 fully saturated rings. The lowest BCUT2D eigenvalue weighted by Gasteiger charge is -2.53. The smallest absolute Gasteiger partial charge is 0.0831 e. The Labute approximate surface area is 104 Å². The van der Waals surface area contributed by atoms with E-state index in [1.165, 1.54) is 30.4 Å². The number of hydrogen-bond acceptors (Lipinski definition) is 2. The van der Waals surface area contributed by atoms with Crippen LogP contribution in [-0.4, -0.2) is 22.9 Å². The van der Waals surface area contributed by atoms with Crippen LogP contribution in [0.2, 0.25) is 0 Å². The van der Waals surface area contributed by atoms with Crippen molar-refractivity contribution < 1.29 is 10.2 Å². The average Bonchev–Trinajstić information content (AvgIpc) is 2.49. The maximum absolute atomic E-state index is 10.5. The fraction of sp³-hybridized carbons (Fsp3) is 0.867. The van der Waals surface area contributed by atoms with Crippen LogP contribution in [-0.2, 0) is 0 Å². The zero-order valence-electron chi connectivity index (χ0n) is 11.2. The molecule has 0 aromatic carbocycles. The van der Waals surface area contributed by atoms with Gasteiger partial charge in [-0.05, 0) is 55.4 Å². The summed E-state index contributed by atoms with van der Waals surface area (Å²) in [6.07, 6.45) is 4.39. The summed E-state index contributed by atoms with van der Waals surface area (Å²) < 4.78 is 0. The van der Waals surface area contributed by atoms with Crippen LogP contribution < -0.4 is 0 Å². The number of hydrogen-bond donors (Lipinski definition) is 2. The predicted octanol–water partition coefficient (Wildman–Crippen LogP) is 2.50. The van der Waals surface area contributed by atoms with Crippen LogP contribution in [0.25, 0.3) is 0 Å². The van der Waals surface area contributed by atoms with Crippen molar-refractivity contribution in [2.24, 2.45) is 22.7 Å². The van der Waals surface area contributed by atoms with Gasteiger partial charge in [0, 0.05) is 5.41 Å². The second-order valence-electron chi connectivity index (χ2n) is 7.20. The van der Waals surface area contributed by atoms with Crippen molar-refractivity contribution in [3.8, 4) is 0 Å². The van der Waals surface area contributed by atoms with Crippen molar-refractivity contribution in [1.82, 2.24) is 0 Å². The topological polar surface area (TPSA) is 40.5 Å². The van der Waals surface area contributed by atoms with Gasteiger partial charge in [0.25, 0.3) is 0 Å². The van der Waals surface area contributed by atoms with Gasteiger partial charge in [0.2, 0.25) is 0 Å². The summed E-state index contributed by atoms with van der Waals surface area (Å²) in [4.78, 5) is 0. The third-order valence-corrected chi connectivity index (χ3v) is 6.00. The van der Waals surface area contributed by atoms with Crippen LogP contribution in [0.15, 0.2) is 11.1 Å². The SMILES string of the molecule is CC1=C2[C@@H](C[C@@](C)(CO)[C@@H]2O)C[C@]2(C)CC[C@H]12. The number of allylic oxidation sites excluding steroid dienone is 1. The van der Waals surface area contributed by atoms with E-state index in [9.17, 15) is 10.2 Å².